The predicted molar refractivity (Wildman–Crippen MR) is 74.0 cm³/mol. The number of aliphatic carboxylic acids is 1. The number of carboxylic acid groups (broad SMARTS) is 1. The molecule has 2 aromatic carbocycles. The molecule has 4 nitrogen and oxygen atoms in total. The van der Waals surface area contributed by atoms with Crippen LogP contribution in [0.5, 0.6) is 11.5 Å². The average molecular weight is 288 g/mol. The van der Waals surface area contributed by atoms with Gasteiger partial charge in [-0.1, -0.05) is 23.7 Å². The van der Waals surface area contributed by atoms with Gasteiger partial charge in [0.1, 0.15) is 17.6 Å². The number of hydrogen-bond acceptors (Lipinski definition) is 3. The van der Waals surface area contributed by atoms with Crippen LogP contribution in [0.15, 0.2) is 42.5 Å². The van der Waals surface area contributed by atoms with Crippen molar-refractivity contribution in [3.8, 4) is 17.6 Å². The number of carbonyl (C=O) groups is 1. The number of nitriles is 1. The number of halogens is 1. The summed E-state index contributed by atoms with van der Waals surface area (Å²) >= 11 is 5.81. The largest absolute Gasteiger partial charge is 0.481 e. The summed E-state index contributed by atoms with van der Waals surface area (Å²) in [5.74, 6) is -0.0571. The second-order valence-corrected chi connectivity index (χ2v) is 4.51. The standard InChI is InChI=1S/C15H10ClNO3/c16-12-4-5-14(11(8-12)9-17)20-13-3-1-2-10(6-13)7-15(18)19/h1-6,8H,7H2,(H,18,19). The third kappa shape index (κ3) is 3.50. The SMILES string of the molecule is N#Cc1cc(Cl)ccc1Oc1cccc(CC(=O)O)c1. The monoisotopic (exact) mass is 287 g/mol. The second kappa shape index (κ2) is 6.09. The van der Waals surface area contributed by atoms with Crippen molar-refractivity contribution in [2.75, 3.05) is 0 Å². The molecule has 0 aliphatic rings. The Balaban J connectivity index is 2.26. The smallest absolute Gasteiger partial charge is 0.307 e. The van der Waals surface area contributed by atoms with Crippen LogP contribution in [0.1, 0.15) is 11.1 Å². The van der Waals surface area contributed by atoms with Gasteiger partial charge in [-0.25, -0.2) is 0 Å². The van der Waals surface area contributed by atoms with Crippen LogP contribution >= 0.6 is 11.6 Å². The number of carboxylic acids is 1. The molecule has 100 valence electrons. The molecule has 0 atom stereocenters. The fraction of sp³-hybridized carbons (Fsp3) is 0.0667. The first-order valence-electron chi connectivity index (χ1n) is 5.77. The van der Waals surface area contributed by atoms with Gasteiger partial charge in [0.05, 0.1) is 12.0 Å². The van der Waals surface area contributed by atoms with Gasteiger partial charge in [-0.15, -0.1) is 0 Å². The van der Waals surface area contributed by atoms with E-state index >= 15 is 0 Å². The third-order valence-electron chi connectivity index (χ3n) is 2.54. The van der Waals surface area contributed by atoms with E-state index in [0.29, 0.717) is 27.6 Å². The van der Waals surface area contributed by atoms with Crippen LogP contribution in [0.4, 0.5) is 0 Å². The van der Waals surface area contributed by atoms with Gasteiger partial charge in [-0.2, -0.15) is 5.26 Å². The highest BCUT2D eigenvalue weighted by atomic mass is 35.5. The zero-order valence-electron chi connectivity index (χ0n) is 10.3. The molecule has 1 N–H and O–H groups in total. The zero-order valence-corrected chi connectivity index (χ0v) is 11.1. The van der Waals surface area contributed by atoms with Gasteiger partial charge in [-0.3, -0.25) is 4.79 Å². The quantitative estimate of drug-likeness (QED) is 0.932. The highest BCUT2D eigenvalue weighted by Crippen LogP contribution is 2.27. The van der Waals surface area contributed by atoms with Crippen LogP contribution in [0.2, 0.25) is 5.02 Å². The van der Waals surface area contributed by atoms with Crippen molar-refractivity contribution in [2.24, 2.45) is 0 Å². The molecular formula is C15H10ClNO3. The minimum absolute atomic E-state index is 0.0804. The summed E-state index contributed by atoms with van der Waals surface area (Å²) in [7, 11) is 0. The molecule has 5 heteroatoms. The Hall–Kier alpha value is -2.51. The summed E-state index contributed by atoms with van der Waals surface area (Å²) in [4.78, 5) is 10.7. The van der Waals surface area contributed by atoms with Gasteiger partial charge >= 0.3 is 5.97 Å². The van der Waals surface area contributed by atoms with E-state index in [1.54, 1.807) is 36.4 Å². The van der Waals surface area contributed by atoms with E-state index < -0.39 is 5.97 Å². The molecule has 2 aromatic rings. The van der Waals surface area contributed by atoms with Crippen molar-refractivity contribution in [3.63, 3.8) is 0 Å². The molecular weight excluding hydrogens is 278 g/mol. The topological polar surface area (TPSA) is 70.3 Å². The first-order chi connectivity index (χ1) is 9.58. The van der Waals surface area contributed by atoms with Gasteiger partial charge in [0.15, 0.2) is 0 Å². The fourth-order valence-corrected chi connectivity index (χ4v) is 1.87. The lowest BCUT2D eigenvalue weighted by Gasteiger charge is -2.08. The van der Waals surface area contributed by atoms with Gasteiger partial charge in [0, 0.05) is 5.02 Å². The zero-order chi connectivity index (χ0) is 14.5. The van der Waals surface area contributed by atoms with Gasteiger partial charge in [0.25, 0.3) is 0 Å². The molecule has 0 heterocycles. The predicted octanol–water partition coefficient (Wildman–Crippen LogP) is 3.63. The van der Waals surface area contributed by atoms with Crippen molar-refractivity contribution in [2.45, 2.75) is 6.42 Å². The lowest BCUT2D eigenvalue weighted by molar-refractivity contribution is -0.136. The number of benzene rings is 2. The molecule has 0 unspecified atom stereocenters. The summed E-state index contributed by atoms with van der Waals surface area (Å²) in [6.45, 7) is 0. The van der Waals surface area contributed by atoms with Crippen LogP contribution in [0.3, 0.4) is 0 Å². The van der Waals surface area contributed by atoms with E-state index in [1.807, 2.05) is 6.07 Å². The average Bonchev–Trinajstić information content (AvgIpc) is 2.40. The number of ether oxygens (including phenoxy) is 1. The van der Waals surface area contributed by atoms with Crippen molar-refractivity contribution < 1.29 is 14.6 Å². The van der Waals surface area contributed by atoms with Gasteiger partial charge in [0.2, 0.25) is 0 Å². The minimum atomic E-state index is -0.911. The van der Waals surface area contributed by atoms with Gasteiger partial charge in [-0.05, 0) is 35.9 Å². The first-order valence-corrected chi connectivity index (χ1v) is 6.14. The normalized spacial score (nSPS) is 9.80. The molecule has 0 fully saturated rings. The highest BCUT2D eigenvalue weighted by Gasteiger charge is 2.07. The molecule has 0 aliphatic heterocycles. The van der Waals surface area contributed by atoms with E-state index in [1.165, 1.54) is 6.07 Å². The maximum absolute atomic E-state index is 10.7. The molecule has 0 saturated heterocycles. The molecule has 0 radical (unpaired) electrons. The maximum Gasteiger partial charge on any atom is 0.307 e. The van der Waals surface area contributed by atoms with E-state index in [0.717, 1.165) is 0 Å². The molecule has 0 saturated carbocycles. The maximum atomic E-state index is 10.7. The second-order valence-electron chi connectivity index (χ2n) is 4.07. The highest BCUT2D eigenvalue weighted by molar-refractivity contribution is 6.30. The van der Waals surface area contributed by atoms with Crippen molar-refractivity contribution >= 4 is 17.6 Å². The molecule has 20 heavy (non-hydrogen) atoms. The molecule has 0 bridgehead atoms. The Morgan fingerprint density at radius 2 is 2.10 bits per heavy atom. The molecule has 0 aliphatic carbocycles. The van der Waals surface area contributed by atoms with E-state index in [-0.39, 0.29) is 6.42 Å². The first kappa shape index (κ1) is 13.9. The van der Waals surface area contributed by atoms with Crippen LogP contribution in [0, 0.1) is 11.3 Å². The van der Waals surface area contributed by atoms with Crippen LogP contribution in [-0.2, 0) is 11.2 Å². The molecule has 0 spiro atoms. The summed E-state index contributed by atoms with van der Waals surface area (Å²) in [6.07, 6.45) is -0.0804. The molecule has 0 amide bonds. The Labute approximate surface area is 120 Å². The Morgan fingerprint density at radius 3 is 2.80 bits per heavy atom. The number of hydrogen-bond donors (Lipinski definition) is 1. The molecule has 2 rings (SSSR count). The lowest BCUT2D eigenvalue weighted by atomic mass is 10.1. The van der Waals surface area contributed by atoms with Crippen molar-refractivity contribution in [1.29, 1.82) is 5.26 Å². The Bertz CT molecular complexity index is 692. The summed E-state index contributed by atoms with van der Waals surface area (Å²) in [5, 5.41) is 18.2. The third-order valence-corrected chi connectivity index (χ3v) is 2.78. The summed E-state index contributed by atoms with van der Waals surface area (Å²) in [6, 6.07) is 13.5. The molecule has 0 aromatic heterocycles. The summed E-state index contributed by atoms with van der Waals surface area (Å²) < 4.78 is 5.60. The van der Waals surface area contributed by atoms with Crippen LogP contribution in [0.25, 0.3) is 0 Å². The lowest BCUT2D eigenvalue weighted by Crippen LogP contribution is -2.00. The van der Waals surface area contributed by atoms with Crippen molar-refractivity contribution in [3.05, 3.63) is 58.6 Å². The Kier molecular flexibility index (Phi) is 4.24. The van der Waals surface area contributed by atoms with Gasteiger partial charge < -0.3 is 9.84 Å². The van der Waals surface area contributed by atoms with Crippen molar-refractivity contribution in [1.82, 2.24) is 0 Å². The van der Waals surface area contributed by atoms with E-state index in [2.05, 4.69) is 0 Å². The minimum Gasteiger partial charge on any atom is -0.481 e. The van der Waals surface area contributed by atoms with Crippen LogP contribution in [-0.4, -0.2) is 11.1 Å². The van der Waals surface area contributed by atoms with E-state index in [9.17, 15) is 4.79 Å². The number of nitrogens with zero attached hydrogens (tertiary/aromatic N) is 1. The van der Waals surface area contributed by atoms with E-state index in [4.69, 9.17) is 26.7 Å². The Morgan fingerprint density at radius 1 is 1.30 bits per heavy atom. The number of rotatable bonds is 4. The fourth-order valence-electron chi connectivity index (χ4n) is 1.70. The van der Waals surface area contributed by atoms with Crippen LogP contribution < -0.4 is 4.74 Å². The summed E-state index contributed by atoms with van der Waals surface area (Å²) in [5.41, 5.74) is 0.948.